The monoisotopic (exact) mass is 709 g/mol. The lowest BCUT2D eigenvalue weighted by Gasteiger charge is -2.27. The van der Waals surface area contributed by atoms with Gasteiger partial charge in [0.2, 0.25) is 11.8 Å². The Labute approximate surface area is 286 Å². The summed E-state index contributed by atoms with van der Waals surface area (Å²) in [7, 11) is -4.10. The quantitative estimate of drug-likeness (QED) is 0.187. The van der Waals surface area contributed by atoms with Crippen molar-refractivity contribution in [1.82, 2.24) is 20.5 Å². The Morgan fingerprint density at radius 1 is 1.04 bits per heavy atom. The number of thiazole rings is 1. The Morgan fingerprint density at radius 2 is 1.78 bits per heavy atom. The van der Waals surface area contributed by atoms with Gasteiger partial charge in [0, 0.05) is 43.0 Å². The molecule has 2 aliphatic rings. The van der Waals surface area contributed by atoms with Crippen LogP contribution in [0.15, 0.2) is 66.7 Å². The van der Waals surface area contributed by atoms with Crippen molar-refractivity contribution in [2.24, 2.45) is 0 Å². The van der Waals surface area contributed by atoms with Gasteiger partial charge in [-0.3, -0.25) is 19.8 Å². The molecular formula is C34H36FN5O7S2. The van der Waals surface area contributed by atoms with Gasteiger partial charge in [0.15, 0.2) is 15.1 Å². The second-order valence-corrected chi connectivity index (χ2v) is 15.1. The number of rotatable bonds is 13. The molecule has 4 aromatic rings. The number of ether oxygens (including phenoxy) is 2. The van der Waals surface area contributed by atoms with E-state index in [4.69, 9.17) is 9.47 Å². The molecule has 1 aliphatic carbocycles. The smallest absolute Gasteiger partial charge is 0.411 e. The van der Waals surface area contributed by atoms with E-state index in [1.807, 2.05) is 35.2 Å². The van der Waals surface area contributed by atoms with Gasteiger partial charge in [-0.05, 0) is 42.2 Å². The van der Waals surface area contributed by atoms with Gasteiger partial charge < -0.3 is 20.1 Å². The summed E-state index contributed by atoms with van der Waals surface area (Å²) in [5, 5.41) is 6.19. The first-order valence-electron chi connectivity index (χ1n) is 15.9. The maximum atomic E-state index is 15.4. The maximum absolute atomic E-state index is 15.4. The van der Waals surface area contributed by atoms with Crippen LogP contribution in [0.25, 0.3) is 21.3 Å². The lowest BCUT2D eigenvalue weighted by Crippen LogP contribution is -2.43. The average molecular weight is 710 g/mol. The fourth-order valence-corrected chi connectivity index (χ4v) is 8.38. The number of nitrogens with zero attached hydrogens (tertiary/aromatic N) is 2. The Balaban J connectivity index is 1.19. The van der Waals surface area contributed by atoms with Crippen molar-refractivity contribution in [2.45, 2.75) is 30.7 Å². The van der Waals surface area contributed by atoms with E-state index in [0.29, 0.717) is 42.3 Å². The number of carbonyl (C=O) groups excluding carboxylic acids is 3. The predicted octanol–water partition coefficient (Wildman–Crippen LogP) is 4.03. The molecule has 3 amide bonds. The van der Waals surface area contributed by atoms with Crippen LogP contribution in [-0.4, -0.2) is 87.4 Å². The van der Waals surface area contributed by atoms with E-state index >= 15 is 4.39 Å². The second-order valence-electron chi connectivity index (χ2n) is 11.9. The van der Waals surface area contributed by atoms with Crippen molar-refractivity contribution in [3.05, 3.63) is 83.1 Å². The summed E-state index contributed by atoms with van der Waals surface area (Å²) < 4.78 is 54.0. The molecule has 15 heteroatoms. The van der Waals surface area contributed by atoms with Crippen molar-refractivity contribution in [2.75, 3.05) is 50.5 Å². The minimum Gasteiger partial charge on any atom is -0.444 e. The number of hydrogen-bond acceptors (Lipinski definition) is 10. The van der Waals surface area contributed by atoms with Crippen LogP contribution in [0, 0.1) is 5.82 Å². The number of fused-ring (bicyclic) bond motifs is 1. The predicted molar refractivity (Wildman–Crippen MR) is 183 cm³/mol. The van der Waals surface area contributed by atoms with Gasteiger partial charge in [0.05, 0.1) is 35.7 Å². The maximum Gasteiger partial charge on any atom is 0.411 e. The topological polar surface area (TPSA) is 156 Å². The van der Waals surface area contributed by atoms with Gasteiger partial charge in [0.1, 0.15) is 17.4 Å². The van der Waals surface area contributed by atoms with Crippen LogP contribution in [0.5, 0.6) is 0 Å². The van der Waals surface area contributed by atoms with E-state index in [0.717, 1.165) is 29.7 Å². The first-order valence-corrected chi connectivity index (χ1v) is 18.4. The summed E-state index contributed by atoms with van der Waals surface area (Å²) in [6, 6.07) is 18.6. The first kappa shape index (κ1) is 34.4. The zero-order valence-corrected chi connectivity index (χ0v) is 28.2. The van der Waals surface area contributed by atoms with Crippen LogP contribution in [0.2, 0.25) is 0 Å². The molecule has 2 heterocycles. The summed E-state index contributed by atoms with van der Waals surface area (Å²) in [5.41, 5.74) is 2.23. The second kappa shape index (κ2) is 15.4. The lowest BCUT2D eigenvalue weighted by atomic mass is 10.0. The van der Waals surface area contributed by atoms with Crippen molar-refractivity contribution in [1.29, 1.82) is 0 Å². The summed E-state index contributed by atoms with van der Waals surface area (Å²) in [4.78, 5) is 44.3. The number of morpholine rings is 1. The van der Waals surface area contributed by atoms with Crippen molar-refractivity contribution >= 4 is 55.0 Å². The van der Waals surface area contributed by atoms with Crippen molar-refractivity contribution in [3.8, 4) is 11.1 Å². The van der Waals surface area contributed by atoms with Gasteiger partial charge >= 0.3 is 6.09 Å². The summed E-state index contributed by atoms with van der Waals surface area (Å²) in [6.45, 7) is 2.08. The molecule has 1 saturated carbocycles. The Bertz CT molecular complexity index is 1910. The van der Waals surface area contributed by atoms with Gasteiger partial charge in [-0.2, -0.15) is 0 Å². The number of hydrogen-bond donors (Lipinski definition) is 3. The van der Waals surface area contributed by atoms with Gasteiger partial charge in [-0.1, -0.05) is 42.5 Å². The molecule has 0 spiro atoms. The number of anilines is 1. The molecule has 0 bridgehead atoms. The van der Waals surface area contributed by atoms with Gasteiger partial charge in [-0.15, -0.1) is 11.3 Å². The highest BCUT2D eigenvalue weighted by molar-refractivity contribution is 7.92. The number of nitrogens with one attached hydrogen (secondary N) is 3. The molecule has 1 aliphatic heterocycles. The summed E-state index contributed by atoms with van der Waals surface area (Å²) >= 11 is 0.984. The molecule has 3 aromatic carbocycles. The molecule has 1 aromatic heterocycles. The molecule has 1 atom stereocenters. The van der Waals surface area contributed by atoms with Crippen LogP contribution >= 0.6 is 11.3 Å². The molecular weight excluding hydrogens is 674 g/mol. The number of sulfone groups is 1. The van der Waals surface area contributed by atoms with E-state index < -0.39 is 38.8 Å². The summed E-state index contributed by atoms with van der Waals surface area (Å²) in [6.07, 6.45) is 1.10. The van der Waals surface area contributed by atoms with E-state index in [2.05, 4.69) is 20.9 Å². The third-order valence-corrected chi connectivity index (χ3v) is 11.3. The largest absolute Gasteiger partial charge is 0.444 e. The van der Waals surface area contributed by atoms with E-state index in [9.17, 15) is 22.8 Å². The van der Waals surface area contributed by atoms with Crippen LogP contribution in [-0.2, 0) is 35.5 Å². The number of amides is 3. The standard InChI is InChI=1S/C34H36FN5O7S2/c35-27-19-28-29(18-26(27)23-6-8-25(9-7-23)38-34(43)47-21-22-4-2-1-3-5-22)48-33(39-28)31(32(42)36-20-30(41)37-24-10-11-24)49(44,45)17-14-40-12-15-46-16-13-40/h1-9,18-19,24,31H,10-17,20-21H2,(H,36,42)(H,37,41)(H,38,43). The fourth-order valence-electron chi connectivity index (χ4n) is 5.30. The average Bonchev–Trinajstić information content (AvgIpc) is 3.83. The number of benzene rings is 3. The highest BCUT2D eigenvalue weighted by Crippen LogP contribution is 2.36. The van der Waals surface area contributed by atoms with Gasteiger partial charge in [0.25, 0.3) is 0 Å². The van der Waals surface area contributed by atoms with Crippen molar-refractivity contribution in [3.63, 3.8) is 0 Å². The number of halogens is 1. The third-order valence-electron chi connectivity index (χ3n) is 8.13. The highest BCUT2D eigenvalue weighted by atomic mass is 32.2. The highest BCUT2D eigenvalue weighted by Gasteiger charge is 2.38. The van der Waals surface area contributed by atoms with E-state index in [1.165, 1.54) is 6.07 Å². The molecule has 3 N–H and O–H groups in total. The Hall–Kier alpha value is -4.44. The van der Waals surface area contributed by atoms with Crippen molar-refractivity contribution < 1.29 is 36.7 Å². The van der Waals surface area contributed by atoms with E-state index in [-0.39, 0.29) is 47.6 Å². The molecule has 6 rings (SSSR count). The van der Waals surface area contributed by atoms with Crippen LogP contribution in [0.3, 0.4) is 0 Å². The molecule has 49 heavy (non-hydrogen) atoms. The Kier molecular flexibility index (Phi) is 10.8. The molecule has 258 valence electrons. The molecule has 12 nitrogen and oxygen atoms in total. The van der Waals surface area contributed by atoms with Crippen LogP contribution in [0.1, 0.15) is 28.7 Å². The SMILES string of the molecule is O=C(CNC(=O)C(c1nc2cc(F)c(-c3ccc(NC(=O)OCc4ccccc4)cc3)cc2s1)S(=O)(=O)CCN1CCOCC1)NC1CC1. The van der Waals surface area contributed by atoms with Crippen LogP contribution in [0.4, 0.5) is 14.9 Å². The summed E-state index contributed by atoms with van der Waals surface area (Å²) in [5.74, 6) is -2.17. The lowest BCUT2D eigenvalue weighted by molar-refractivity contribution is -0.126. The Morgan fingerprint density at radius 3 is 2.49 bits per heavy atom. The first-order chi connectivity index (χ1) is 23.6. The number of aromatic nitrogens is 1. The van der Waals surface area contributed by atoms with Gasteiger partial charge in [-0.25, -0.2) is 22.6 Å². The minimum atomic E-state index is -4.10. The minimum absolute atomic E-state index is 0.0119. The number of carbonyl (C=O) groups is 3. The third kappa shape index (κ3) is 9.17. The zero-order valence-electron chi connectivity index (χ0n) is 26.5. The van der Waals surface area contributed by atoms with E-state index in [1.54, 1.807) is 30.3 Å². The molecule has 0 radical (unpaired) electrons. The van der Waals surface area contributed by atoms with Crippen LogP contribution < -0.4 is 16.0 Å². The molecule has 1 unspecified atom stereocenters. The zero-order chi connectivity index (χ0) is 34.4. The molecule has 1 saturated heterocycles. The molecule has 2 fully saturated rings. The fraction of sp³-hybridized carbons (Fsp3) is 0.353. The normalized spacial score (nSPS) is 15.8.